The Kier molecular flexibility index (Phi) is 3.82. The van der Waals surface area contributed by atoms with Gasteiger partial charge < -0.3 is 4.90 Å². The summed E-state index contributed by atoms with van der Waals surface area (Å²) in [5.41, 5.74) is 0.857. The number of aldehydes is 1. The first-order valence-corrected chi connectivity index (χ1v) is 7.10. The fourth-order valence-corrected chi connectivity index (χ4v) is 3.57. The van der Waals surface area contributed by atoms with Crippen LogP contribution in [0.25, 0.3) is 0 Å². The summed E-state index contributed by atoms with van der Waals surface area (Å²) in [6, 6.07) is 0.578. The third kappa shape index (κ3) is 2.51. The highest BCUT2D eigenvalue weighted by atomic mass is 32.1. The van der Waals surface area contributed by atoms with Gasteiger partial charge in [0, 0.05) is 13.1 Å². The summed E-state index contributed by atoms with van der Waals surface area (Å²) in [6.45, 7) is 4.23. The SMILES string of the molecule is Cc1nc(N(C)C2CCCCC2C)sc1C=O. The molecule has 2 unspecified atom stereocenters. The van der Waals surface area contributed by atoms with Gasteiger partial charge in [0.25, 0.3) is 0 Å². The van der Waals surface area contributed by atoms with Crippen LogP contribution in [0.5, 0.6) is 0 Å². The molecular weight excluding hydrogens is 232 g/mol. The highest BCUT2D eigenvalue weighted by molar-refractivity contribution is 7.17. The first kappa shape index (κ1) is 12.6. The minimum atomic E-state index is 0.578. The van der Waals surface area contributed by atoms with E-state index in [0.29, 0.717) is 6.04 Å². The van der Waals surface area contributed by atoms with Crippen molar-refractivity contribution in [2.24, 2.45) is 5.92 Å². The lowest BCUT2D eigenvalue weighted by molar-refractivity contribution is 0.112. The summed E-state index contributed by atoms with van der Waals surface area (Å²) in [6.07, 6.45) is 6.12. The average molecular weight is 252 g/mol. The van der Waals surface area contributed by atoms with Crippen LogP contribution in [-0.4, -0.2) is 24.4 Å². The van der Waals surface area contributed by atoms with E-state index < -0.39 is 0 Å². The van der Waals surface area contributed by atoms with Crippen LogP contribution in [0.1, 0.15) is 48.0 Å². The van der Waals surface area contributed by atoms with Crippen molar-refractivity contribution >= 4 is 22.8 Å². The monoisotopic (exact) mass is 252 g/mol. The fourth-order valence-electron chi connectivity index (χ4n) is 2.67. The Balaban J connectivity index is 2.17. The molecular formula is C13H20N2OS. The Morgan fingerprint density at radius 3 is 2.71 bits per heavy atom. The Bertz CT molecular complexity index is 402. The van der Waals surface area contributed by atoms with Gasteiger partial charge >= 0.3 is 0 Å². The van der Waals surface area contributed by atoms with Crippen molar-refractivity contribution in [1.82, 2.24) is 4.98 Å². The van der Waals surface area contributed by atoms with Crippen LogP contribution in [-0.2, 0) is 0 Å². The molecule has 0 N–H and O–H groups in total. The van der Waals surface area contributed by atoms with E-state index in [1.807, 2.05) is 6.92 Å². The van der Waals surface area contributed by atoms with Crippen LogP contribution < -0.4 is 4.90 Å². The van der Waals surface area contributed by atoms with Crippen LogP contribution in [0.2, 0.25) is 0 Å². The van der Waals surface area contributed by atoms with Gasteiger partial charge in [0.1, 0.15) is 0 Å². The maximum atomic E-state index is 10.9. The number of hydrogen-bond donors (Lipinski definition) is 0. The Morgan fingerprint density at radius 2 is 2.12 bits per heavy atom. The van der Waals surface area contributed by atoms with E-state index in [9.17, 15) is 4.79 Å². The number of hydrogen-bond acceptors (Lipinski definition) is 4. The molecule has 2 rings (SSSR count). The van der Waals surface area contributed by atoms with Crippen LogP contribution in [0, 0.1) is 12.8 Å². The molecule has 94 valence electrons. The number of aryl methyl sites for hydroxylation is 1. The highest BCUT2D eigenvalue weighted by Crippen LogP contribution is 2.32. The molecule has 1 aromatic heterocycles. The standard InChI is InChI=1S/C13H20N2OS/c1-9-6-4-5-7-11(9)15(3)13-14-10(2)12(8-16)17-13/h8-9,11H,4-7H2,1-3H3. The summed E-state index contributed by atoms with van der Waals surface area (Å²) in [5.74, 6) is 0.720. The van der Waals surface area contributed by atoms with E-state index >= 15 is 0 Å². The van der Waals surface area contributed by atoms with Gasteiger partial charge in [-0.2, -0.15) is 0 Å². The summed E-state index contributed by atoms with van der Waals surface area (Å²) >= 11 is 1.51. The van der Waals surface area contributed by atoms with Crippen LogP contribution in [0.4, 0.5) is 5.13 Å². The molecule has 1 aromatic rings. The second kappa shape index (κ2) is 5.17. The average Bonchev–Trinajstić information content (AvgIpc) is 2.70. The van der Waals surface area contributed by atoms with Crippen LogP contribution in [0.15, 0.2) is 0 Å². The lowest BCUT2D eigenvalue weighted by Gasteiger charge is -2.36. The van der Waals surface area contributed by atoms with Crippen molar-refractivity contribution in [3.8, 4) is 0 Å². The number of carbonyl (C=O) groups is 1. The predicted molar refractivity (Wildman–Crippen MR) is 72.1 cm³/mol. The van der Waals surface area contributed by atoms with Crippen LogP contribution >= 0.6 is 11.3 Å². The van der Waals surface area contributed by atoms with Gasteiger partial charge in [-0.3, -0.25) is 4.79 Å². The number of aromatic nitrogens is 1. The number of carbonyl (C=O) groups excluding carboxylic acids is 1. The lowest BCUT2D eigenvalue weighted by Crippen LogP contribution is -2.38. The topological polar surface area (TPSA) is 33.2 Å². The molecule has 2 atom stereocenters. The van der Waals surface area contributed by atoms with Crippen molar-refractivity contribution in [2.45, 2.75) is 45.6 Å². The molecule has 0 aromatic carbocycles. The molecule has 1 saturated carbocycles. The van der Waals surface area contributed by atoms with Crippen molar-refractivity contribution < 1.29 is 4.79 Å². The molecule has 1 aliphatic rings. The Morgan fingerprint density at radius 1 is 1.41 bits per heavy atom. The quantitative estimate of drug-likeness (QED) is 0.774. The summed E-state index contributed by atoms with van der Waals surface area (Å²) in [4.78, 5) is 18.4. The molecule has 1 fully saturated rings. The van der Waals surface area contributed by atoms with Gasteiger partial charge in [-0.25, -0.2) is 4.98 Å². The zero-order valence-corrected chi connectivity index (χ0v) is 11.6. The van der Waals surface area contributed by atoms with E-state index in [4.69, 9.17) is 0 Å². The van der Waals surface area contributed by atoms with E-state index in [0.717, 1.165) is 27.9 Å². The lowest BCUT2D eigenvalue weighted by atomic mass is 9.85. The molecule has 0 saturated heterocycles. The molecule has 1 aliphatic carbocycles. The summed E-state index contributed by atoms with van der Waals surface area (Å²) < 4.78 is 0. The number of nitrogens with zero attached hydrogens (tertiary/aromatic N) is 2. The van der Waals surface area contributed by atoms with Crippen molar-refractivity contribution in [3.63, 3.8) is 0 Å². The number of thiazole rings is 1. The largest absolute Gasteiger partial charge is 0.348 e. The van der Waals surface area contributed by atoms with E-state index in [2.05, 4.69) is 23.9 Å². The third-order valence-electron chi connectivity index (χ3n) is 3.79. The Labute approximate surface area is 107 Å². The maximum Gasteiger partial charge on any atom is 0.186 e. The molecule has 0 amide bonds. The smallest absolute Gasteiger partial charge is 0.186 e. The van der Waals surface area contributed by atoms with Gasteiger partial charge in [-0.1, -0.05) is 31.1 Å². The molecule has 0 aliphatic heterocycles. The summed E-state index contributed by atoms with van der Waals surface area (Å²) in [5, 5.41) is 0.989. The molecule has 0 spiro atoms. The summed E-state index contributed by atoms with van der Waals surface area (Å²) in [7, 11) is 2.11. The normalized spacial score (nSPS) is 24.6. The number of rotatable bonds is 3. The van der Waals surface area contributed by atoms with E-state index in [1.165, 1.54) is 37.0 Å². The van der Waals surface area contributed by atoms with Crippen molar-refractivity contribution in [3.05, 3.63) is 10.6 Å². The predicted octanol–water partition coefficient (Wildman–Crippen LogP) is 3.28. The number of anilines is 1. The van der Waals surface area contributed by atoms with Crippen LogP contribution in [0.3, 0.4) is 0 Å². The third-order valence-corrected chi connectivity index (χ3v) is 4.97. The van der Waals surface area contributed by atoms with Gasteiger partial charge in [-0.05, 0) is 25.7 Å². The zero-order chi connectivity index (χ0) is 12.4. The van der Waals surface area contributed by atoms with E-state index in [-0.39, 0.29) is 0 Å². The first-order valence-electron chi connectivity index (χ1n) is 6.29. The van der Waals surface area contributed by atoms with Gasteiger partial charge in [-0.15, -0.1) is 0 Å². The second-order valence-corrected chi connectivity index (χ2v) is 6.01. The van der Waals surface area contributed by atoms with Crippen molar-refractivity contribution in [1.29, 1.82) is 0 Å². The Hall–Kier alpha value is -0.900. The fraction of sp³-hybridized carbons (Fsp3) is 0.692. The van der Waals surface area contributed by atoms with Crippen molar-refractivity contribution in [2.75, 3.05) is 11.9 Å². The zero-order valence-electron chi connectivity index (χ0n) is 10.8. The molecule has 17 heavy (non-hydrogen) atoms. The van der Waals surface area contributed by atoms with Gasteiger partial charge in [0.05, 0.1) is 10.6 Å². The van der Waals surface area contributed by atoms with Gasteiger partial charge in [0.2, 0.25) is 0 Å². The minimum absolute atomic E-state index is 0.578. The van der Waals surface area contributed by atoms with Gasteiger partial charge in [0.15, 0.2) is 11.4 Å². The molecule has 3 nitrogen and oxygen atoms in total. The molecule has 1 heterocycles. The molecule has 0 bridgehead atoms. The van der Waals surface area contributed by atoms with E-state index in [1.54, 1.807) is 0 Å². The molecule has 0 radical (unpaired) electrons. The first-order chi connectivity index (χ1) is 8.13. The minimum Gasteiger partial charge on any atom is -0.348 e. The maximum absolute atomic E-state index is 10.9. The molecule has 4 heteroatoms. The second-order valence-electron chi connectivity index (χ2n) is 5.00. The highest BCUT2D eigenvalue weighted by Gasteiger charge is 2.26.